The predicted molar refractivity (Wildman–Crippen MR) is 85.9 cm³/mol. The van der Waals surface area contributed by atoms with Crippen molar-refractivity contribution in [1.29, 1.82) is 0 Å². The molecule has 1 aromatic carbocycles. The molecule has 3 heteroatoms. The maximum absolute atomic E-state index is 6.34. The highest BCUT2D eigenvalue weighted by molar-refractivity contribution is 5.24. The van der Waals surface area contributed by atoms with Crippen molar-refractivity contribution in [2.24, 2.45) is 5.73 Å². The third kappa shape index (κ3) is 3.81. The van der Waals surface area contributed by atoms with Crippen LogP contribution in [0.25, 0.3) is 0 Å². The van der Waals surface area contributed by atoms with Crippen LogP contribution in [-0.4, -0.2) is 48.6 Å². The van der Waals surface area contributed by atoms with E-state index in [0.717, 1.165) is 26.1 Å². The Labute approximate surface area is 123 Å². The normalized spacial score (nSPS) is 26.6. The number of rotatable bonds is 4. The van der Waals surface area contributed by atoms with Gasteiger partial charge in [0.1, 0.15) is 0 Å². The molecule has 1 aliphatic rings. The Bertz CT molecular complexity index is 420. The molecule has 3 atom stereocenters. The maximum atomic E-state index is 6.34. The minimum atomic E-state index is 0.153. The van der Waals surface area contributed by atoms with Crippen LogP contribution in [0.15, 0.2) is 24.3 Å². The maximum Gasteiger partial charge on any atom is 0.0307 e. The van der Waals surface area contributed by atoms with Crippen molar-refractivity contribution < 1.29 is 0 Å². The molecule has 3 nitrogen and oxygen atoms in total. The van der Waals surface area contributed by atoms with E-state index in [0.29, 0.717) is 12.1 Å². The lowest BCUT2D eigenvalue weighted by Gasteiger charge is -2.42. The number of benzene rings is 1. The third-order valence-corrected chi connectivity index (χ3v) is 4.66. The smallest absolute Gasteiger partial charge is 0.0307 e. The monoisotopic (exact) mass is 275 g/mol. The van der Waals surface area contributed by atoms with Crippen molar-refractivity contribution in [3.05, 3.63) is 35.4 Å². The molecule has 1 heterocycles. The van der Waals surface area contributed by atoms with Crippen molar-refractivity contribution >= 4 is 0 Å². The number of hydrogen-bond acceptors (Lipinski definition) is 3. The lowest BCUT2D eigenvalue weighted by Crippen LogP contribution is -2.55. The summed E-state index contributed by atoms with van der Waals surface area (Å²) in [5, 5.41) is 0. The van der Waals surface area contributed by atoms with Crippen molar-refractivity contribution in [2.75, 3.05) is 26.7 Å². The van der Waals surface area contributed by atoms with Crippen molar-refractivity contribution in [3.63, 3.8) is 0 Å². The Morgan fingerprint density at radius 3 is 2.50 bits per heavy atom. The molecule has 0 amide bonds. The first-order chi connectivity index (χ1) is 9.47. The summed E-state index contributed by atoms with van der Waals surface area (Å²) in [6, 6.07) is 10.0. The average molecular weight is 275 g/mol. The fourth-order valence-electron chi connectivity index (χ4n) is 3.09. The molecule has 2 rings (SSSR count). The largest absolute Gasteiger partial charge is 0.324 e. The van der Waals surface area contributed by atoms with Crippen LogP contribution in [0.4, 0.5) is 0 Å². The zero-order valence-electron chi connectivity index (χ0n) is 13.3. The van der Waals surface area contributed by atoms with Gasteiger partial charge in [-0.25, -0.2) is 0 Å². The molecule has 2 N–H and O–H groups in total. The molecule has 1 fully saturated rings. The van der Waals surface area contributed by atoms with Gasteiger partial charge in [0.25, 0.3) is 0 Å². The van der Waals surface area contributed by atoms with E-state index in [1.54, 1.807) is 0 Å². The first kappa shape index (κ1) is 15.5. The van der Waals surface area contributed by atoms with E-state index in [4.69, 9.17) is 5.73 Å². The van der Waals surface area contributed by atoms with Crippen LogP contribution in [0.1, 0.15) is 37.4 Å². The molecule has 1 aromatic rings. The number of nitrogens with zero attached hydrogens (tertiary/aromatic N) is 2. The lowest BCUT2D eigenvalue weighted by atomic mass is 10.0. The number of aryl methyl sites for hydroxylation is 1. The highest BCUT2D eigenvalue weighted by Gasteiger charge is 2.26. The summed E-state index contributed by atoms with van der Waals surface area (Å²) in [5.41, 5.74) is 8.90. The molecule has 0 radical (unpaired) electrons. The van der Waals surface area contributed by atoms with Gasteiger partial charge in [0.15, 0.2) is 0 Å². The summed E-state index contributed by atoms with van der Waals surface area (Å²) in [6.07, 6.45) is 1.03. The summed E-state index contributed by atoms with van der Waals surface area (Å²) in [4.78, 5) is 5.03. The Balaban J connectivity index is 1.86. The fourth-order valence-corrected chi connectivity index (χ4v) is 3.09. The predicted octanol–water partition coefficient (Wildman–Crippen LogP) is 2.41. The first-order valence-electron chi connectivity index (χ1n) is 7.74. The fraction of sp³-hybridized carbons (Fsp3) is 0.647. The zero-order chi connectivity index (χ0) is 14.7. The summed E-state index contributed by atoms with van der Waals surface area (Å²) < 4.78 is 0. The van der Waals surface area contributed by atoms with Gasteiger partial charge in [-0.05, 0) is 39.8 Å². The van der Waals surface area contributed by atoms with Gasteiger partial charge in [0, 0.05) is 37.8 Å². The van der Waals surface area contributed by atoms with E-state index in [1.165, 1.54) is 11.1 Å². The topological polar surface area (TPSA) is 32.5 Å². The molecule has 1 aliphatic heterocycles. The molecule has 0 saturated carbocycles. The van der Waals surface area contributed by atoms with Gasteiger partial charge in [0.05, 0.1) is 0 Å². The quantitative estimate of drug-likeness (QED) is 0.916. The highest BCUT2D eigenvalue weighted by atomic mass is 15.3. The van der Waals surface area contributed by atoms with Gasteiger partial charge in [-0.1, -0.05) is 29.8 Å². The van der Waals surface area contributed by atoms with E-state index in [2.05, 4.69) is 61.9 Å². The van der Waals surface area contributed by atoms with E-state index in [-0.39, 0.29) is 6.04 Å². The second-order valence-electron chi connectivity index (χ2n) is 6.43. The van der Waals surface area contributed by atoms with Crippen LogP contribution < -0.4 is 5.73 Å². The van der Waals surface area contributed by atoms with E-state index >= 15 is 0 Å². The molecule has 0 aromatic heterocycles. The molecule has 0 spiro atoms. The minimum absolute atomic E-state index is 0.153. The molecule has 0 bridgehead atoms. The van der Waals surface area contributed by atoms with Crippen LogP contribution in [0.3, 0.4) is 0 Å². The van der Waals surface area contributed by atoms with Gasteiger partial charge in [-0.2, -0.15) is 0 Å². The van der Waals surface area contributed by atoms with Gasteiger partial charge >= 0.3 is 0 Å². The summed E-state index contributed by atoms with van der Waals surface area (Å²) >= 11 is 0. The molecule has 20 heavy (non-hydrogen) atoms. The molecule has 0 aliphatic carbocycles. The van der Waals surface area contributed by atoms with Crippen LogP contribution >= 0.6 is 0 Å². The Kier molecular flexibility index (Phi) is 5.19. The van der Waals surface area contributed by atoms with Crippen LogP contribution in [0.2, 0.25) is 0 Å². The van der Waals surface area contributed by atoms with E-state index < -0.39 is 0 Å². The standard InChI is InChI=1S/C17H29N3/c1-13-6-5-7-16(10-13)17(18)8-9-20-11-14(2)19(4)15(3)12-20/h5-7,10,14-15,17H,8-9,11-12,18H2,1-4H3. The molecular formula is C17H29N3. The van der Waals surface area contributed by atoms with Crippen LogP contribution in [0.5, 0.6) is 0 Å². The number of nitrogens with two attached hydrogens (primary N) is 1. The average Bonchev–Trinajstić information content (AvgIpc) is 2.42. The van der Waals surface area contributed by atoms with Crippen molar-refractivity contribution in [1.82, 2.24) is 9.80 Å². The SMILES string of the molecule is Cc1cccc(C(N)CCN2CC(C)N(C)C(C)C2)c1. The highest BCUT2D eigenvalue weighted by Crippen LogP contribution is 2.18. The molecule has 112 valence electrons. The van der Waals surface area contributed by atoms with Crippen molar-refractivity contribution in [2.45, 2.75) is 45.3 Å². The lowest BCUT2D eigenvalue weighted by molar-refractivity contribution is 0.0584. The van der Waals surface area contributed by atoms with Gasteiger partial charge in [-0.15, -0.1) is 0 Å². The molecule has 1 saturated heterocycles. The van der Waals surface area contributed by atoms with E-state index in [9.17, 15) is 0 Å². The molecular weight excluding hydrogens is 246 g/mol. The number of hydrogen-bond donors (Lipinski definition) is 1. The van der Waals surface area contributed by atoms with Gasteiger partial charge in [0.2, 0.25) is 0 Å². The minimum Gasteiger partial charge on any atom is -0.324 e. The van der Waals surface area contributed by atoms with Crippen LogP contribution in [-0.2, 0) is 0 Å². The summed E-state index contributed by atoms with van der Waals surface area (Å²) in [7, 11) is 2.23. The van der Waals surface area contributed by atoms with Crippen LogP contribution in [0, 0.1) is 6.92 Å². The van der Waals surface area contributed by atoms with Gasteiger partial charge in [-0.3, -0.25) is 4.90 Å². The van der Waals surface area contributed by atoms with E-state index in [1.807, 2.05) is 0 Å². The Hall–Kier alpha value is -0.900. The Morgan fingerprint density at radius 1 is 1.25 bits per heavy atom. The summed E-state index contributed by atoms with van der Waals surface area (Å²) in [6.45, 7) is 10.1. The second kappa shape index (κ2) is 6.70. The zero-order valence-corrected chi connectivity index (χ0v) is 13.3. The Morgan fingerprint density at radius 2 is 1.90 bits per heavy atom. The van der Waals surface area contributed by atoms with Crippen molar-refractivity contribution in [3.8, 4) is 0 Å². The summed E-state index contributed by atoms with van der Waals surface area (Å²) in [5.74, 6) is 0. The first-order valence-corrected chi connectivity index (χ1v) is 7.74. The van der Waals surface area contributed by atoms with Gasteiger partial charge < -0.3 is 10.6 Å². The molecule has 3 unspecified atom stereocenters. The number of likely N-dealkylation sites (N-methyl/N-ethyl adjacent to an activating group) is 1. The number of piperazine rings is 1. The second-order valence-corrected chi connectivity index (χ2v) is 6.43. The third-order valence-electron chi connectivity index (χ3n) is 4.66.